The van der Waals surface area contributed by atoms with Crippen LogP contribution in [0.4, 0.5) is 11.6 Å². The summed E-state index contributed by atoms with van der Waals surface area (Å²) in [5.41, 5.74) is 5.23. The quantitative estimate of drug-likeness (QED) is 0.481. The van der Waals surface area contributed by atoms with E-state index >= 15 is 0 Å². The Morgan fingerprint density at radius 3 is 2.79 bits per heavy atom. The lowest BCUT2D eigenvalue weighted by Crippen LogP contribution is -2.32. The summed E-state index contributed by atoms with van der Waals surface area (Å²) >= 11 is 0. The molecular weight excluding hydrogens is 426 g/mol. The third kappa shape index (κ3) is 5.06. The number of likely N-dealkylation sites (tertiary alicyclic amines) is 1. The number of nitrogens with one attached hydrogen (secondary N) is 1. The van der Waals surface area contributed by atoms with Crippen molar-refractivity contribution in [3.63, 3.8) is 0 Å². The Balaban J connectivity index is 1.23. The predicted molar refractivity (Wildman–Crippen MR) is 131 cm³/mol. The maximum Gasteiger partial charge on any atom is 0.253 e. The monoisotopic (exact) mass is 455 g/mol. The Kier molecular flexibility index (Phi) is 6.20. The van der Waals surface area contributed by atoms with Gasteiger partial charge in [0.25, 0.3) is 5.91 Å². The molecule has 4 aromatic rings. The first-order valence-electron chi connectivity index (χ1n) is 11.8. The number of imidazole rings is 1. The highest BCUT2D eigenvalue weighted by atomic mass is 16.2. The molecule has 0 radical (unpaired) electrons. The van der Waals surface area contributed by atoms with Gasteiger partial charge in [-0.3, -0.25) is 9.78 Å². The van der Waals surface area contributed by atoms with E-state index in [9.17, 15) is 4.79 Å². The SMILES string of the molecule is Cc1cc(C)nc(Nc2cccc(C(=O)N3CCCC(Cc4cn5ccnc5cn4)CC3)c2)n1. The average molecular weight is 456 g/mol. The van der Waals surface area contributed by atoms with Gasteiger partial charge in [-0.1, -0.05) is 6.07 Å². The molecule has 0 bridgehead atoms. The van der Waals surface area contributed by atoms with Crippen molar-refractivity contribution in [2.24, 2.45) is 5.92 Å². The number of hydrogen-bond acceptors (Lipinski definition) is 6. The lowest BCUT2D eigenvalue weighted by Gasteiger charge is -2.21. The van der Waals surface area contributed by atoms with E-state index in [0.717, 1.165) is 67.2 Å². The predicted octanol–water partition coefficient (Wildman–Crippen LogP) is 4.36. The number of fused-ring (bicyclic) bond motifs is 1. The van der Waals surface area contributed by atoms with Gasteiger partial charge in [0.2, 0.25) is 5.95 Å². The van der Waals surface area contributed by atoms with Gasteiger partial charge in [0.05, 0.1) is 11.9 Å². The molecule has 1 fully saturated rings. The van der Waals surface area contributed by atoms with Gasteiger partial charge in [-0.05, 0) is 69.7 Å². The zero-order valence-electron chi connectivity index (χ0n) is 19.6. The number of carbonyl (C=O) groups is 1. The molecule has 0 spiro atoms. The van der Waals surface area contributed by atoms with Crippen LogP contribution in [0.2, 0.25) is 0 Å². The second kappa shape index (κ2) is 9.59. The van der Waals surface area contributed by atoms with Crippen LogP contribution in [0, 0.1) is 19.8 Å². The first-order valence-corrected chi connectivity index (χ1v) is 11.8. The lowest BCUT2D eigenvalue weighted by molar-refractivity contribution is 0.0760. The molecule has 174 valence electrons. The van der Waals surface area contributed by atoms with Gasteiger partial charge >= 0.3 is 0 Å². The third-order valence-electron chi connectivity index (χ3n) is 6.31. The maximum absolute atomic E-state index is 13.3. The van der Waals surface area contributed by atoms with Crippen molar-refractivity contribution in [1.82, 2.24) is 29.2 Å². The Bertz CT molecular complexity index is 1300. The van der Waals surface area contributed by atoms with Crippen molar-refractivity contribution >= 4 is 23.2 Å². The van der Waals surface area contributed by atoms with Crippen molar-refractivity contribution in [1.29, 1.82) is 0 Å². The highest BCUT2D eigenvalue weighted by Crippen LogP contribution is 2.23. The Labute approximate surface area is 199 Å². The number of rotatable bonds is 5. The molecule has 3 aromatic heterocycles. The van der Waals surface area contributed by atoms with Crippen LogP contribution in [-0.2, 0) is 6.42 Å². The summed E-state index contributed by atoms with van der Waals surface area (Å²) in [5.74, 6) is 1.13. The molecule has 8 heteroatoms. The van der Waals surface area contributed by atoms with Crippen LogP contribution in [0.1, 0.15) is 46.7 Å². The first kappa shape index (κ1) is 22.0. The van der Waals surface area contributed by atoms with E-state index in [0.29, 0.717) is 17.4 Å². The highest BCUT2D eigenvalue weighted by Gasteiger charge is 2.22. The smallest absolute Gasteiger partial charge is 0.253 e. The fourth-order valence-electron chi connectivity index (χ4n) is 4.67. The molecule has 8 nitrogen and oxygen atoms in total. The number of carbonyl (C=O) groups excluding carboxylic acids is 1. The molecule has 1 aliphatic rings. The molecule has 1 N–H and O–H groups in total. The van der Waals surface area contributed by atoms with E-state index in [2.05, 4.69) is 31.4 Å². The fraction of sp³-hybridized carbons (Fsp3) is 0.346. The summed E-state index contributed by atoms with van der Waals surface area (Å²) < 4.78 is 2.01. The van der Waals surface area contributed by atoms with Crippen LogP contribution in [0.3, 0.4) is 0 Å². The second-order valence-corrected chi connectivity index (χ2v) is 9.04. The van der Waals surface area contributed by atoms with Gasteiger partial charge in [0.15, 0.2) is 5.65 Å². The van der Waals surface area contributed by atoms with Gasteiger partial charge in [0, 0.05) is 54.3 Å². The van der Waals surface area contributed by atoms with Crippen LogP contribution in [-0.4, -0.2) is 48.2 Å². The molecule has 1 aliphatic heterocycles. The van der Waals surface area contributed by atoms with Gasteiger partial charge in [0.1, 0.15) is 0 Å². The zero-order chi connectivity index (χ0) is 23.5. The van der Waals surface area contributed by atoms with Crippen molar-refractivity contribution in [3.05, 3.63) is 77.8 Å². The van der Waals surface area contributed by atoms with Crippen molar-refractivity contribution in [2.45, 2.75) is 39.5 Å². The molecular formula is C26H29N7O. The Morgan fingerprint density at radius 2 is 1.94 bits per heavy atom. The van der Waals surface area contributed by atoms with E-state index in [1.807, 2.05) is 65.9 Å². The highest BCUT2D eigenvalue weighted by molar-refractivity contribution is 5.95. The van der Waals surface area contributed by atoms with E-state index in [1.165, 1.54) is 0 Å². The van der Waals surface area contributed by atoms with E-state index in [1.54, 1.807) is 6.20 Å². The number of aryl methyl sites for hydroxylation is 2. The number of benzene rings is 1. The Hall–Kier alpha value is -3.81. The number of anilines is 2. The Morgan fingerprint density at radius 1 is 1.09 bits per heavy atom. The summed E-state index contributed by atoms with van der Waals surface area (Å²) in [7, 11) is 0. The largest absolute Gasteiger partial charge is 0.339 e. The molecule has 1 saturated heterocycles. The van der Waals surface area contributed by atoms with Crippen molar-refractivity contribution < 1.29 is 4.79 Å². The number of amides is 1. The van der Waals surface area contributed by atoms with Gasteiger partial charge in [-0.2, -0.15) is 0 Å². The zero-order valence-corrected chi connectivity index (χ0v) is 19.6. The van der Waals surface area contributed by atoms with E-state index in [-0.39, 0.29) is 5.91 Å². The summed E-state index contributed by atoms with van der Waals surface area (Å²) in [4.78, 5) is 33.0. The molecule has 0 aliphatic carbocycles. The molecule has 5 rings (SSSR count). The van der Waals surface area contributed by atoms with Crippen LogP contribution < -0.4 is 5.32 Å². The molecule has 1 unspecified atom stereocenters. The summed E-state index contributed by atoms with van der Waals surface area (Å²) in [5, 5.41) is 3.23. The molecule has 1 aromatic carbocycles. The molecule has 34 heavy (non-hydrogen) atoms. The summed E-state index contributed by atoms with van der Waals surface area (Å²) in [6, 6.07) is 9.53. The second-order valence-electron chi connectivity index (χ2n) is 9.04. The fourth-order valence-corrected chi connectivity index (χ4v) is 4.67. The minimum absolute atomic E-state index is 0.0728. The van der Waals surface area contributed by atoms with Crippen LogP contribution >= 0.6 is 0 Å². The first-order chi connectivity index (χ1) is 16.5. The van der Waals surface area contributed by atoms with Crippen LogP contribution in [0.25, 0.3) is 5.65 Å². The van der Waals surface area contributed by atoms with Crippen molar-refractivity contribution in [3.8, 4) is 0 Å². The van der Waals surface area contributed by atoms with Crippen LogP contribution in [0.5, 0.6) is 0 Å². The standard InChI is InChI=1S/C26H29N7O/c1-18-13-19(2)30-26(29-18)31-22-7-3-6-21(15-22)25(34)32-10-4-5-20(8-11-32)14-23-17-33-12-9-27-24(33)16-28-23/h3,6-7,9,12-13,15-17,20H,4-5,8,10-11,14H2,1-2H3,(H,29,30,31). The molecule has 1 amide bonds. The van der Waals surface area contributed by atoms with E-state index < -0.39 is 0 Å². The normalized spacial score (nSPS) is 16.4. The van der Waals surface area contributed by atoms with Crippen LogP contribution in [0.15, 0.2) is 55.1 Å². The summed E-state index contributed by atoms with van der Waals surface area (Å²) in [6.07, 6.45) is 11.6. The third-order valence-corrected chi connectivity index (χ3v) is 6.31. The minimum atomic E-state index is 0.0728. The lowest BCUT2D eigenvalue weighted by atomic mass is 9.95. The van der Waals surface area contributed by atoms with E-state index in [4.69, 9.17) is 0 Å². The molecule has 1 atom stereocenters. The topological polar surface area (TPSA) is 88.3 Å². The number of nitrogens with zero attached hydrogens (tertiary/aromatic N) is 6. The maximum atomic E-state index is 13.3. The summed E-state index contributed by atoms with van der Waals surface area (Å²) in [6.45, 7) is 5.42. The minimum Gasteiger partial charge on any atom is -0.339 e. The van der Waals surface area contributed by atoms with Gasteiger partial charge in [-0.15, -0.1) is 0 Å². The van der Waals surface area contributed by atoms with Gasteiger partial charge < -0.3 is 14.6 Å². The molecule has 0 saturated carbocycles. The van der Waals surface area contributed by atoms with Gasteiger partial charge in [-0.25, -0.2) is 15.0 Å². The molecule has 4 heterocycles. The average Bonchev–Trinajstić information content (AvgIpc) is 3.16. The van der Waals surface area contributed by atoms with Crippen molar-refractivity contribution in [2.75, 3.05) is 18.4 Å². The number of hydrogen-bond donors (Lipinski definition) is 1. The number of aromatic nitrogens is 5.